The number of carbonyl (C=O) groups is 1. The van der Waals surface area contributed by atoms with Crippen LogP contribution in [0.2, 0.25) is 0 Å². The Kier molecular flexibility index (Phi) is 3.93. The molecular weight excluding hydrogens is 320 g/mol. The molecule has 2 aromatic rings. The molecule has 0 amide bonds. The molecule has 0 aromatic heterocycles. The van der Waals surface area contributed by atoms with Crippen molar-refractivity contribution in [3.05, 3.63) is 65.5 Å². The second-order valence-corrected chi connectivity index (χ2v) is 5.90. The summed E-state index contributed by atoms with van der Waals surface area (Å²) in [6.45, 7) is 3.10. The molecule has 0 bridgehead atoms. The highest BCUT2D eigenvalue weighted by Crippen LogP contribution is 2.32. The number of aryl methyl sites for hydroxylation is 1. The van der Waals surface area contributed by atoms with Crippen LogP contribution in [0.3, 0.4) is 0 Å². The summed E-state index contributed by atoms with van der Waals surface area (Å²) >= 11 is 0. The number of hydrogen-bond donors (Lipinski definition) is 2. The number of rotatable bonds is 3. The molecule has 0 spiro atoms. The average molecular weight is 338 g/mol. The van der Waals surface area contributed by atoms with Crippen LogP contribution in [-0.4, -0.2) is 19.2 Å². The number of anilines is 1. The fraction of sp³-hybridized carbons (Fsp3) is 0.211. The summed E-state index contributed by atoms with van der Waals surface area (Å²) in [5, 5.41) is 6.17. The smallest absolute Gasteiger partial charge is 0.358 e. The maximum absolute atomic E-state index is 12.0. The summed E-state index contributed by atoms with van der Waals surface area (Å²) in [6.07, 6.45) is 1.13. The lowest BCUT2D eigenvalue weighted by atomic mass is 10.1. The van der Waals surface area contributed by atoms with E-state index in [4.69, 9.17) is 14.2 Å². The molecule has 2 aliphatic rings. The Hall–Kier alpha value is -3.15. The van der Waals surface area contributed by atoms with Crippen LogP contribution in [0.25, 0.3) is 0 Å². The fourth-order valence-corrected chi connectivity index (χ4v) is 2.68. The molecular formula is C19H18N2O4. The number of benzene rings is 2. The number of nitrogens with one attached hydrogen (secondary N) is 2. The highest BCUT2D eigenvalue weighted by molar-refractivity contribution is 5.90. The number of carbonyl (C=O) groups excluding carboxylic acids is 1. The lowest BCUT2D eigenvalue weighted by molar-refractivity contribution is -0.139. The third-order valence-electron chi connectivity index (χ3n) is 4.04. The third kappa shape index (κ3) is 3.24. The van der Waals surface area contributed by atoms with Gasteiger partial charge in [-0.25, -0.2) is 4.79 Å². The predicted molar refractivity (Wildman–Crippen MR) is 92.3 cm³/mol. The molecule has 0 aliphatic carbocycles. The Morgan fingerprint density at radius 1 is 1.08 bits per heavy atom. The first-order valence-electron chi connectivity index (χ1n) is 8.09. The van der Waals surface area contributed by atoms with Crippen LogP contribution in [0.15, 0.2) is 54.4 Å². The summed E-state index contributed by atoms with van der Waals surface area (Å²) in [7, 11) is 0. The Labute approximate surface area is 145 Å². The molecule has 2 N–H and O–H groups in total. The zero-order valence-electron chi connectivity index (χ0n) is 13.7. The van der Waals surface area contributed by atoms with Crippen molar-refractivity contribution in [2.75, 3.05) is 18.5 Å². The van der Waals surface area contributed by atoms with E-state index in [-0.39, 0.29) is 0 Å². The zero-order chi connectivity index (χ0) is 17.2. The quantitative estimate of drug-likeness (QED) is 0.662. The van der Waals surface area contributed by atoms with Crippen molar-refractivity contribution in [3.63, 3.8) is 0 Å². The van der Waals surface area contributed by atoms with Gasteiger partial charge in [-0.2, -0.15) is 0 Å². The maximum atomic E-state index is 12.0. The first kappa shape index (κ1) is 15.4. The van der Waals surface area contributed by atoms with E-state index in [1.807, 2.05) is 49.4 Å². The average Bonchev–Trinajstić information content (AvgIpc) is 3.01. The van der Waals surface area contributed by atoms with E-state index in [0.717, 1.165) is 22.6 Å². The Morgan fingerprint density at radius 2 is 1.84 bits per heavy atom. The SMILES string of the molecule is Cc1ccc(C2N/C(=C/Nc3ccc4c(c3)OCCO4)C(=O)O2)cc1. The Balaban J connectivity index is 1.46. The molecule has 0 saturated carbocycles. The minimum absolute atomic E-state index is 0.375. The van der Waals surface area contributed by atoms with Gasteiger partial charge in [0.15, 0.2) is 17.7 Å². The van der Waals surface area contributed by atoms with Crippen molar-refractivity contribution in [2.45, 2.75) is 13.2 Å². The number of esters is 1. The van der Waals surface area contributed by atoms with Gasteiger partial charge in [-0.3, -0.25) is 0 Å². The summed E-state index contributed by atoms with van der Waals surface area (Å²) in [5.41, 5.74) is 3.23. The van der Waals surface area contributed by atoms with Gasteiger partial charge in [-0.15, -0.1) is 0 Å². The van der Waals surface area contributed by atoms with E-state index in [9.17, 15) is 4.79 Å². The topological polar surface area (TPSA) is 68.8 Å². The van der Waals surface area contributed by atoms with Crippen LogP contribution >= 0.6 is 0 Å². The minimum Gasteiger partial charge on any atom is -0.486 e. The first-order valence-corrected chi connectivity index (χ1v) is 8.09. The lowest BCUT2D eigenvalue weighted by Gasteiger charge is -2.18. The number of hydrogen-bond acceptors (Lipinski definition) is 6. The van der Waals surface area contributed by atoms with Gasteiger partial charge in [-0.1, -0.05) is 29.8 Å². The van der Waals surface area contributed by atoms with Gasteiger partial charge >= 0.3 is 5.97 Å². The highest BCUT2D eigenvalue weighted by Gasteiger charge is 2.29. The summed E-state index contributed by atoms with van der Waals surface area (Å²) in [4.78, 5) is 12.0. The van der Waals surface area contributed by atoms with E-state index in [1.165, 1.54) is 0 Å². The van der Waals surface area contributed by atoms with E-state index in [2.05, 4.69) is 10.6 Å². The van der Waals surface area contributed by atoms with Gasteiger partial charge in [0.1, 0.15) is 18.9 Å². The molecule has 128 valence electrons. The van der Waals surface area contributed by atoms with Crippen molar-refractivity contribution < 1.29 is 19.0 Å². The fourth-order valence-electron chi connectivity index (χ4n) is 2.68. The Morgan fingerprint density at radius 3 is 2.64 bits per heavy atom. The van der Waals surface area contributed by atoms with Crippen molar-refractivity contribution in [3.8, 4) is 11.5 Å². The molecule has 6 nitrogen and oxygen atoms in total. The third-order valence-corrected chi connectivity index (χ3v) is 4.04. The van der Waals surface area contributed by atoms with Gasteiger partial charge in [0.05, 0.1) is 0 Å². The van der Waals surface area contributed by atoms with Crippen LogP contribution in [-0.2, 0) is 9.53 Å². The van der Waals surface area contributed by atoms with Crippen molar-refractivity contribution in [1.29, 1.82) is 0 Å². The van der Waals surface area contributed by atoms with Gasteiger partial charge in [0, 0.05) is 23.5 Å². The number of fused-ring (bicyclic) bond motifs is 1. The largest absolute Gasteiger partial charge is 0.486 e. The minimum atomic E-state index is -0.471. The second-order valence-electron chi connectivity index (χ2n) is 5.90. The normalized spacial score (nSPS) is 20.1. The summed E-state index contributed by atoms with van der Waals surface area (Å²) < 4.78 is 16.4. The molecule has 2 heterocycles. The molecule has 1 unspecified atom stereocenters. The summed E-state index contributed by atoms with van der Waals surface area (Å²) in [6, 6.07) is 13.4. The molecule has 1 atom stereocenters. The monoisotopic (exact) mass is 338 g/mol. The number of ether oxygens (including phenoxy) is 3. The molecule has 2 aromatic carbocycles. The molecule has 25 heavy (non-hydrogen) atoms. The molecule has 0 radical (unpaired) electrons. The van der Waals surface area contributed by atoms with Gasteiger partial charge in [0.2, 0.25) is 0 Å². The maximum Gasteiger partial charge on any atom is 0.358 e. The van der Waals surface area contributed by atoms with Crippen LogP contribution in [0.1, 0.15) is 17.4 Å². The second kappa shape index (κ2) is 6.39. The van der Waals surface area contributed by atoms with Crippen LogP contribution in [0.4, 0.5) is 5.69 Å². The lowest BCUT2D eigenvalue weighted by Crippen LogP contribution is -2.15. The molecule has 4 rings (SSSR count). The molecule has 6 heteroatoms. The van der Waals surface area contributed by atoms with Gasteiger partial charge < -0.3 is 24.8 Å². The predicted octanol–water partition coefficient (Wildman–Crippen LogP) is 2.86. The standard InChI is InChI=1S/C19H18N2O4/c1-12-2-4-13(5-3-12)18-21-15(19(22)25-18)11-20-14-6-7-16-17(10-14)24-9-8-23-16/h2-7,10-11,18,20-21H,8-9H2,1H3/b15-11+. The van der Waals surface area contributed by atoms with Crippen LogP contribution in [0, 0.1) is 6.92 Å². The van der Waals surface area contributed by atoms with Crippen LogP contribution < -0.4 is 20.1 Å². The van der Waals surface area contributed by atoms with Crippen LogP contribution in [0.5, 0.6) is 11.5 Å². The molecule has 2 aliphatic heterocycles. The summed E-state index contributed by atoms with van der Waals surface area (Å²) in [5.74, 6) is 1.02. The van der Waals surface area contributed by atoms with Crippen molar-refractivity contribution >= 4 is 11.7 Å². The molecule has 1 saturated heterocycles. The first-order chi connectivity index (χ1) is 12.2. The van der Waals surface area contributed by atoms with Crippen molar-refractivity contribution in [1.82, 2.24) is 5.32 Å². The zero-order valence-corrected chi connectivity index (χ0v) is 13.7. The van der Waals surface area contributed by atoms with Gasteiger partial charge in [0.25, 0.3) is 0 Å². The van der Waals surface area contributed by atoms with E-state index < -0.39 is 12.2 Å². The molecule has 1 fully saturated rings. The van der Waals surface area contributed by atoms with E-state index >= 15 is 0 Å². The Bertz CT molecular complexity index is 830. The van der Waals surface area contributed by atoms with Gasteiger partial charge in [-0.05, 0) is 19.1 Å². The van der Waals surface area contributed by atoms with E-state index in [0.29, 0.717) is 24.7 Å². The number of cyclic esters (lactones) is 1. The van der Waals surface area contributed by atoms with E-state index in [1.54, 1.807) is 6.20 Å². The highest BCUT2D eigenvalue weighted by atomic mass is 16.6. The van der Waals surface area contributed by atoms with Crippen molar-refractivity contribution in [2.24, 2.45) is 0 Å².